The van der Waals surface area contributed by atoms with E-state index in [1.165, 1.54) is 40.4 Å². The molecule has 3 fully saturated rings. The highest BCUT2D eigenvalue weighted by molar-refractivity contribution is 6.01. The second kappa shape index (κ2) is 27.4. The van der Waals surface area contributed by atoms with Crippen LogP contribution >= 0.6 is 0 Å². The number of nitrogens with two attached hydrogens (primary N) is 1. The molecule has 0 unspecified atom stereocenters. The van der Waals surface area contributed by atoms with Gasteiger partial charge in [-0.05, 0) is 92.8 Å². The maximum absolute atomic E-state index is 15.8. The zero-order chi connectivity index (χ0) is 59.4. The van der Waals surface area contributed by atoms with Crippen molar-refractivity contribution in [3.63, 3.8) is 0 Å². The van der Waals surface area contributed by atoms with E-state index in [2.05, 4.69) is 58.2 Å². The Morgan fingerprint density at radius 3 is 2.29 bits per heavy atom. The van der Waals surface area contributed by atoms with Gasteiger partial charge >= 0.3 is 12.0 Å². The van der Waals surface area contributed by atoms with Crippen molar-refractivity contribution >= 4 is 86.6 Å². The van der Waals surface area contributed by atoms with Crippen LogP contribution in [0.1, 0.15) is 110 Å². The third kappa shape index (κ3) is 14.4. The van der Waals surface area contributed by atoms with Gasteiger partial charge in [-0.15, -0.1) is 0 Å². The van der Waals surface area contributed by atoms with Gasteiger partial charge in [-0.25, -0.2) is 23.8 Å². The number of methoxy groups -OCH3 is 1. The molecular weight excluding hydrogens is 1080 g/mol. The number of unbranched alkanes of at least 4 members (excludes halogenated alkanes) is 4. The van der Waals surface area contributed by atoms with Gasteiger partial charge in [0, 0.05) is 94.1 Å². The number of likely N-dealkylation sites (tertiary alicyclic amines) is 1. The fraction of sp³-hybridized carbons (Fsp3) is 0.458. The fourth-order valence-electron chi connectivity index (χ4n) is 11.3. The highest BCUT2D eigenvalue weighted by Gasteiger charge is 2.35. The lowest BCUT2D eigenvalue weighted by molar-refractivity contribution is -0.141. The zero-order valence-electron chi connectivity index (χ0n) is 47.7. The number of aromatic nitrogens is 6. The van der Waals surface area contributed by atoms with Crippen molar-refractivity contribution in [3.05, 3.63) is 89.8 Å². The van der Waals surface area contributed by atoms with Gasteiger partial charge in [0.2, 0.25) is 29.5 Å². The number of hydrogen-bond donors (Lipinski definition) is 5. The van der Waals surface area contributed by atoms with E-state index in [0.717, 1.165) is 70.0 Å². The third-order valence-electron chi connectivity index (χ3n) is 15.9. The number of ether oxygens (including phenoxy) is 1. The summed E-state index contributed by atoms with van der Waals surface area (Å²) in [5, 5.41) is 20.7. The minimum absolute atomic E-state index is 0.0413. The molecule has 3 aromatic heterocycles. The standard InChI is InChI=1S/C59H72FN15O9/c1-37-55-43(12-9-13-46(55)74(69-37)36-51(78)63-33-50(77)64-34-54(81)84-3)44-30-47-40(29-45(44)60)31-66-75(47)53(80)20-19-49(76)62-23-8-6-4-5-7-14-52(79)71-25-21-39(22-26-71)38-15-17-41(18-16-38)67-58-56(57(61)82)65-32-48(68-58)72-24-10-11-42(35-72)73-28-27-70(2)59(73)83/h9,12-13,15-18,29-32,39,42H,4-8,10-11,14,19-28,33-36H2,1-3H3,(H2,61,82)(H,62,76)(H,63,78)(H,64,77)(H,67,68)/t42-/m1/s1. The van der Waals surface area contributed by atoms with Crippen LogP contribution < -0.4 is 31.9 Å². The van der Waals surface area contributed by atoms with Crippen molar-refractivity contribution in [2.45, 2.75) is 102 Å². The van der Waals surface area contributed by atoms with E-state index in [4.69, 9.17) is 10.7 Å². The normalized spacial score (nSPS) is 15.6. The molecule has 0 aliphatic carbocycles. The summed E-state index contributed by atoms with van der Waals surface area (Å²) >= 11 is 0. The van der Waals surface area contributed by atoms with Crippen molar-refractivity contribution in [3.8, 4) is 11.1 Å². The SMILES string of the molecule is COC(=O)CNC(=O)CNC(=O)Cn1nc(C)c2c(-c3cc4c(cnn4C(=O)CCC(=O)NCCCCCCCC(=O)N4CCC(c5ccc(Nc6nc(N7CCC[C@@H](N8CCN(C)C8=O)C7)cnc6C(N)=O)cc5)CC4)cc3F)cccc21. The molecule has 1 atom stereocenters. The van der Waals surface area contributed by atoms with E-state index in [1.54, 1.807) is 36.2 Å². The summed E-state index contributed by atoms with van der Waals surface area (Å²) in [6.07, 6.45) is 11.0. The van der Waals surface area contributed by atoms with Gasteiger partial charge in [-0.3, -0.25) is 38.2 Å². The number of esters is 1. The van der Waals surface area contributed by atoms with E-state index >= 15 is 4.39 Å². The molecule has 444 valence electrons. The van der Waals surface area contributed by atoms with E-state index < -0.39 is 35.4 Å². The van der Waals surface area contributed by atoms with Gasteiger partial charge < -0.3 is 51.3 Å². The summed E-state index contributed by atoms with van der Waals surface area (Å²) in [6, 6.07) is 16.1. The lowest BCUT2D eigenvalue weighted by Gasteiger charge is -2.37. The van der Waals surface area contributed by atoms with Crippen LogP contribution in [0.15, 0.2) is 67.0 Å². The lowest BCUT2D eigenvalue weighted by atomic mass is 9.89. The number of piperidine rings is 2. The second-order valence-electron chi connectivity index (χ2n) is 21.6. The Balaban J connectivity index is 0.661. The number of primary amides is 1. The molecule has 25 heteroatoms. The summed E-state index contributed by atoms with van der Waals surface area (Å²) in [5.41, 5.74) is 9.73. The number of hydrogen-bond acceptors (Lipinski definition) is 15. The van der Waals surface area contributed by atoms with Crippen LogP contribution in [0, 0.1) is 12.7 Å². The summed E-state index contributed by atoms with van der Waals surface area (Å²) < 4.78 is 22.9. The van der Waals surface area contributed by atoms with E-state index in [9.17, 15) is 38.4 Å². The largest absolute Gasteiger partial charge is 0.468 e. The quantitative estimate of drug-likeness (QED) is 0.0387. The zero-order valence-corrected chi connectivity index (χ0v) is 47.7. The number of anilines is 3. The van der Waals surface area contributed by atoms with E-state index in [0.29, 0.717) is 90.5 Å². The molecule has 84 heavy (non-hydrogen) atoms. The fourth-order valence-corrected chi connectivity index (χ4v) is 11.3. The Morgan fingerprint density at radius 1 is 0.774 bits per heavy atom. The number of amides is 7. The van der Waals surface area contributed by atoms with Crippen molar-refractivity contribution in [2.75, 3.05) is 83.3 Å². The second-order valence-corrected chi connectivity index (χ2v) is 21.6. The van der Waals surface area contributed by atoms with Gasteiger partial charge in [0.25, 0.3) is 5.91 Å². The predicted octanol–water partition coefficient (Wildman–Crippen LogP) is 5.16. The smallest absolute Gasteiger partial charge is 0.325 e. The molecule has 7 amide bonds. The average molecular weight is 1150 g/mol. The van der Waals surface area contributed by atoms with E-state index in [-0.39, 0.29) is 73.4 Å². The number of urea groups is 1. The Morgan fingerprint density at radius 2 is 1.54 bits per heavy atom. The van der Waals surface area contributed by atoms with Gasteiger partial charge in [0.1, 0.15) is 24.7 Å². The number of rotatable bonds is 24. The Hall–Kier alpha value is -9.03. The first-order chi connectivity index (χ1) is 40.5. The molecule has 3 saturated heterocycles. The van der Waals surface area contributed by atoms with Gasteiger partial charge in [-0.2, -0.15) is 10.2 Å². The van der Waals surface area contributed by atoms with Crippen LogP contribution in [0.5, 0.6) is 0 Å². The van der Waals surface area contributed by atoms with Crippen molar-refractivity contribution in [1.82, 2.24) is 60.2 Å². The van der Waals surface area contributed by atoms with E-state index in [1.807, 2.05) is 29.0 Å². The van der Waals surface area contributed by atoms with Crippen LogP contribution in [0.4, 0.5) is 26.5 Å². The molecule has 3 aliphatic heterocycles. The molecule has 3 aliphatic rings. The number of carbonyl (C=O) groups excluding carboxylic acids is 8. The van der Waals surface area contributed by atoms with Crippen molar-refractivity contribution < 1.29 is 47.5 Å². The van der Waals surface area contributed by atoms with Gasteiger partial charge in [0.15, 0.2) is 11.5 Å². The molecule has 9 rings (SSSR count). The third-order valence-corrected chi connectivity index (χ3v) is 15.9. The monoisotopic (exact) mass is 1150 g/mol. The minimum Gasteiger partial charge on any atom is -0.468 e. The first-order valence-corrected chi connectivity index (χ1v) is 28.7. The number of nitrogens with one attached hydrogen (secondary N) is 4. The summed E-state index contributed by atoms with van der Waals surface area (Å²) in [7, 11) is 3.01. The highest BCUT2D eigenvalue weighted by atomic mass is 19.1. The maximum atomic E-state index is 15.8. The summed E-state index contributed by atoms with van der Waals surface area (Å²) in [4.78, 5) is 118. The van der Waals surface area contributed by atoms with Crippen LogP contribution in [-0.4, -0.2) is 171 Å². The maximum Gasteiger partial charge on any atom is 0.325 e. The topological polar surface area (TPSA) is 294 Å². The number of benzene rings is 3. The molecule has 0 bridgehead atoms. The number of nitrogens with zero attached hydrogens (tertiary/aromatic N) is 10. The number of likely N-dealkylation sites (N-methyl/N-ethyl adjacent to an activating group) is 1. The lowest BCUT2D eigenvalue weighted by Crippen LogP contribution is -2.49. The molecule has 0 radical (unpaired) electrons. The average Bonchev–Trinajstić information content (AvgIpc) is 2.69. The number of halogens is 1. The van der Waals surface area contributed by atoms with Crippen LogP contribution in [0.3, 0.4) is 0 Å². The first kappa shape index (κ1) is 59.6. The Kier molecular flexibility index (Phi) is 19.4. The summed E-state index contributed by atoms with van der Waals surface area (Å²) in [6.45, 7) is 5.39. The highest BCUT2D eigenvalue weighted by Crippen LogP contribution is 2.36. The number of carbonyl (C=O) groups is 8. The summed E-state index contributed by atoms with van der Waals surface area (Å²) in [5.74, 6) is -2.34. The van der Waals surface area contributed by atoms with Crippen LogP contribution in [-0.2, 0) is 35.3 Å². The molecule has 6 N–H and O–H groups in total. The molecule has 6 aromatic rings. The Labute approximate surface area is 485 Å². The van der Waals surface area contributed by atoms with Gasteiger partial charge in [0.05, 0.1) is 48.8 Å². The van der Waals surface area contributed by atoms with Crippen LogP contribution in [0.2, 0.25) is 0 Å². The number of aryl methyl sites for hydroxylation is 1. The van der Waals surface area contributed by atoms with Crippen LogP contribution in [0.25, 0.3) is 32.9 Å². The molecule has 3 aromatic carbocycles. The molecular formula is C59H72FN15O9. The van der Waals surface area contributed by atoms with Crippen molar-refractivity contribution in [1.29, 1.82) is 0 Å². The molecule has 0 saturated carbocycles. The Bertz CT molecular complexity index is 3430. The molecule has 0 spiro atoms. The number of fused-ring (bicyclic) bond motifs is 2. The predicted molar refractivity (Wildman–Crippen MR) is 311 cm³/mol. The minimum atomic E-state index is -0.689. The molecule has 6 heterocycles. The first-order valence-electron chi connectivity index (χ1n) is 28.7. The van der Waals surface area contributed by atoms with Gasteiger partial charge in [-0.1, -0.05) is 43.5 Å². The molecule has 24 nitrogen and oxygen atoms in total. The van der Waals surface area contributed by atoms with Crippen molar-refractivity contribution in [2.24, 2.45) is 5.73 Å².